The largest absolute Gasteiger partial charge is 0.241 e. The summed E-state index contributed by atoms with van der Waals surface area (Å²) in [6.07, 6.45) is 0. The first-order valence-electron chi connectivity index (χ1n) is 10.9. The van der Waals surface area contributed by atoms with Crippen LogP contribution in [0.2, 0.25) is 5.02 Å². The second-order valence-electron chi connectivity index (χ2n) is 8.98. The molecule has 11 heteroatoms. The summed E-state index contributed by atoms with van der Waals surface area (Å²) in [7, 11) is -3.74. The van der Waals surface area contributed by atoms with Gasteiger partial charge < -0.3 is 0 Å². The second-order valence-corrected chi connectivity index (χ2v) is 12.0. The SMILES string of the molecule is CC(C)(C)NS(=O)(=O)c1ccccc1-c1ccc(CSc2nnnn2-c2cccc(C#N)c2)c(Cl)c1. The summed E-state index contributed by atoms with van der Waals surface area (Å²) in [4.78, 5) is 0.192. The zero-order valence-corrected chi connectivity index (χ0v) is 22.2. The predicted molar refractivity (Wildman–Crippen MR) is 140 cm³/mol. The number of thioether (sulfide) groups is 1. The number of benzene rings is 3. The number of tetrazole rings is 1. The van der Waals surface area contributed by atoms with E-state index in [4.69, 9.17) is 16.9 Å². The molecule has 1 heterocycles. The van der Waals surface area contributed by atoms with Gasteiger partial charge in [0.05, 0.1) is 22.2 Å². The topological polar surface area (TPSA) is 114 Å². The molecule has 0 fully saturated rings. The normalized spacial score (nSPS) is 11.9. The molecule has 36 heavy (non-hydrogen) atoms. The Morgan fingerprint density at radius 3 is 2.58 bits per heavy atom. The van der Waals surface area contributed by atoms with Crippen LogP contribution in [0.4, 0.5) is 0 Å². The van der Waals surface area contributed by atoms with Crippen LogP contribution >= 0.6 is 23.4 Å². The molecule has 0 bridgehead atoms. The maximum Gasteiger partial charge on any atom is 0.241 e. The van der Waals surface area contributed by atoms with Gasteiger partial charge in [0.2, 0.25) is 15.2 Å². The number of nitriles is 1. The molecule has 0 radical (unpaired) electrons. The molecule has 0 aliphatic carbocycles. The highest BCUT2D eigenvalue weighted by molar-refractivity contribution is 7.98. The van der Waals surface area contributed by atoms with Crippen LogP contribution in [0, 0.1) is 11.3 Å². The van der Waals surface area contributed by atoms with Gasteiger partial charge in [-0.2, -0.15) is 9.94 Å². The monoisotopic (exact) mass is 538 g/mol. The molecule has 1 N–H and O–H groups in total. The average molecular weight is 539 g/mol. The number of hydrogen-bond acceptors (Lipinski definition) is 7. The number of halogens is 1. The van der Waals surface area contributed by atoms with E-state index in [1.54, 1.807) is 74.0 Å². The minimum Gasteiger partial charge on any atom is -0.207 e. The van der Waals surface area contributed by atoms with Crippen molar-refractivity contribution in [3.63, 3.8) is 0 Å². The number of rotatable bonds is 7. The number of nitrogens with one attached hydrogen (secondary N) is 1. The Balaban J connectivity index is 1.58. The first-order chi connectivity index (χ1) is 17.1. The molecule has 0 atom stereocenters. The Bertz CT molecular complexity index is 1560. The maximum absolute atomic E-state index is 13.0. The van der Waals surface area contributed by atoms with Crippen molar-refractivity contribution in [2.75, 3.05) is 0 Å². The Morgan fingerprint density at radius 1 is 1.08 bits per heavy atom. The zero-order chi connectivity index (χ0) is 25.9. The van der Waals surface area contributed by atoms with Gasteiger partial charge in [0, 0.05) is 21.9 Å². The number of hydrogen-bond donors (Lipinski definition) is 1. The van der Waals surface area contributed by atoms with E-state index in [2.05, 4.69) is 26.3 Å². The maximum atomic E-state index is 13.0. The van der Waals surface area contributed by atoms with Crippen molar-refractivity contribution in [2.24, 2.45) is 0 Å². The summed E-state index contributed by atoms with van der Waals surface area (Å²) in [5, 5.41) is 22.1. The fourth-order valence-electron chi connectivity index (χ4n) is 3.51. The fraction of sp³-hybridized carbons (Fsp3) is 0.200. The molecule has 0 spiro atoms. The zero-order valence-electron chi connectivity index (χ0n) is 19.8. The van der Waals surface area contributed by atoms with E-state index < -0.39 is 15.6 Å². The summed E-state index contributed by atoms with van der Waals surface area (Å²) in [6.45, 7) is 5.40. The van der Waals surface area contributed by atoms with Crippen molar-refractivity contribution in [1.82, 2.24) is 24.9 Å². The van der Waals surface area contributed by atoms with Crippen molar-refractivity contribution >= 4 is 33.4 Å². The van der Waals surface area contributed by atoms with Gasteiger partial charge in [0.1, 0.15) is 0 Å². The quantitative estimate of drug-likeness (QED) is 0.321. The molecule has 1 aromatic heterocycles. The molecule has 0 aliphatic heterocycles. The summed E-state index contributed by atoms with van der Waals surface area (Å²) in [6, 6.07) is 21.5. The van der Waals surface area contributed by atoms with Crippen LogP contribution in [0.5, 0.6) is 0 Å². The average Bonchev–Trinajstić information content (AvgIpc) is 3.30. The number of aromatic nitrogens is 4. The Kier molecular flexibility index (Phi) is 7.47. The Labute approximate surface area is 219 Å². The molecule has 4 aromatic rings. The van der Waals surface area contributed by atoms with Crippen molar-refractivity contribution < 1.29 is 8.42 Å². The van der Waals surface area contributed by atoms with Crippen LogP contribution in [0.25, 0.3) is 16.8 Å². The lowest BCUT2D eigenvalue weighted by Gasteiger charge is -2.21. The Hall–Kier alpha value is -3.23. The minimum atomic E-state index is -3.74. The summed E-state index contributed by atoms with van der Waals surface area (Å²) in [5.74, 6) is 0.489. The second kappa shape index (κ2) is 10.4. The van der Waals surface area contributed by atoms with E-state index in [-0.39, 0.29) is 4.90 Å². The first-order valence-corrected chi connectivity index (χ1v) is 13.8. The van der Waals surface area contributed by atoms with Crippen LogP contribution in [0.1, 0.15) is 31.9 Å². The van der Waals surface area contributed by atoms with Crippen molar-refractivity contribution in [1.29, 1.82) is 5.26 Å². The molecule has 184 valence electrons. The molecule has 8 nitrogen and oxygen atoms in total. The molecule has 0 unspecified atom stereocenters. The van der Waals surface area contributed by atoms with Gasteiger partial charge in [0.15, 0.2) is 0 Å². The van der Waals surface area contributed by atoms with Gasteiger partial charge in [-0.25, -0.2) is 13.1 Å². The third kappa shape index (κ3) is 5.94. The fourth-order valence-corrected chi connectivity index (χ4v) is 6.38. The van der Waals surface area contributed by atoms with E-state index >= 15 is 0 Å². The molecule has 0 saturated heterocycles. The highest BCUT2D eigenvalue weighted by atomic mass is 35.5. The van der Waals surface area contributed by atoms with Gasteiger partial charge in [0.25, 0.3) is 0 Å². The summed E-state index contributed by atoms with van der Waals surface area (Å²) < 4.78 is 30.3. The van der Waals surface area contributed by atoms with Crippen molar-refractivity contribution in [2.45, 2.75) is 42.1 Å². The first kappa shape index (κ1) is 25.9. The van der Waals surface area contributed by atoms with Gasteiger partial charge in [-0.15, -0.1) is 5.10 Å². The molecule has 0 saturated carbocycles. The van der Waals surface area contributed by atoms with Crippen molar-refractivity contribution in [3.05, 3.63) is 82.9 Å². The number of sulfonamides is 1. The summed E-state index contributed by atoms with van der Waals surface area (Å²) >= 11 is 8.01. The van der Waals surface area contributed by atoms with E-state index in [1.165, 1.54) is 11.8 Å². The van der Waals surface area contributed by atoms with Gasteiger partial charge in [-0.05, 0) is 72.7 Å². The lowest BCUT2D eigenvalue weighted by molar-refractivity contribution is 0.491. The van der Waals surface area contributed by atoms with E-state index in [0.29, 0.717) is 38.3 Å². The molecule has 0 amide bonds. The van der Waals surface area contributed by atoms with Crippen LogP contribution < -0.4 is 4.72 Å². The standard InChI is InChI=1S/C25H23ClN6O2S2/c1-25(2,3)29-36(33,34)23-10-5-4-9-21(23)18-11-12-19(22(26)14-18)16-35-24-28-30-31-32(24)20-8-6-7-17(13-20)15-27/h4-14,29H,16H2,1-3H3. The lowest BCUT2D eigenvalue weighted by atomic mass is 10.0. The van der Waals surface area contributed by atoms with Crippen LogP contribution in [-0.2, 0) is 15.8 Å². The lowest BCUT2D eigenvalue weighted by Crippen LogP contribution is -2.40. The third-order valence-electron chi connectivity index (χ3n) is 5.00. The number of nitrogens with zero attached hydrogens (tertiary/aromatic N) is 5. The van der Waals surface area contributed by atoms with Crippen molar-refractivity contribution in [3.8, 4) is 22.9 Å². The summed E-state index contributed by atoms with van der Waals surface area (Å²) in [5.41, 5.74) is 2.69. The van der Waals surface area contributed by atoms with Crippen LogP contribution in [0.15, 0.2) is 76.8 Å². The molecule has 0 aliphatic rings. The van der Waals surface area contributed by atoms with E-state index in [0.717, 1.165) is 5.56 Å². The van der Waals surface area contributed by atoms with Gasteiger partial charge >= 0.3 is 0 Å². The third-order valence-corrected chi connectivity index (χ3v) is 8.13. The predicted octanol–water partition coefficient (Wildman–Crippen LogP) is 5.22. The molecule has 3 aromatic carbocycles. The van der Waals surface area contributed by atoms with E-state index in [1.807, 2.05) is 18.2 Å². The van der Waals surface area contributed by atoms with Gasteiger partial charge in [-0.1, -0.05) is 59.8 Å². The smallest absolute Gasteiger partial charge is 0.207 e. The van der Waals surface area contributed by atoms with E-state index in [9.17, 15) is 8.42 Å². The molecule has 4 rings (SSSR count). The van der Waals surface area contributed by atoms with Crippen LogP contribution in [0.3, 0.4) is 0 Å². The Morgan fingerprint density at radius 2 is 1.86 bits per heavy atom. The van der Waals surface area contributed by atoms with Crippen LogP contribution in [-0.4, -0.2) is 34.2 Å². The van der Waals surface area contributed by atoms with Gasteiger partial charge in [-0.3, -0.25) is 0 Å². The molecular formula is C25H23ClN6O2S2. The highest BCUT2D eigenvalue weighted by Crippen LogP contribution is 2.33. The highest BCUT2D eigenvalue weighted by Gasteiger charge is 2.25. The minimum absolute atomic E-state index is 0.192. The molecular weight excluding hydrogens is 516 g/mol.